The van der Waals surface area contributed by atoms with E-state index in [4.69, 9.17) is 0 Å². The summed E-state index contributed by atoms with van der Waals surface area (Å²) < 4.78 is 0. The molecule has 0 heterocycles. The maximum Gasteiger partial charge on any atom is 0.225 e. The van der Waals surface area contributed by atoms with Gasteiger partial charge in [-0.2, -0.15) is 0 Å². The summed E-state index contributed by atoms with van der Waals surface area (Å²) in [5.41, 5.74) is 4.00. The highest BCUT2D eigenvalue weighted by Gasteiger charge is 2.26. The van der Waals surface area contributed by atoms with Gasteiger partial charge in [0.2, 0.25) is 5.91 Å². The number of hydrogen-bond acceptors (Lipinski definition) is 3. The molecule has 2 aromatic rings. The Morgan fingerprint density at radius 2 is 1.84 bits per heavy atom. The van der Waals surface area contributed by atoms with Gasteiger partial charge in [0.05, 0.1) is 5.56 Å². The fraction of sp³-hybridized carbons (Fsp3) is 0.519. The third-order valence-electron chi connectivity index (χ3n) is 6.56. The van der Waals surface area contributed by atoms with Crippen molar-refractivity contribution in [3.8, 4) is 22.6 Å². The quantitative estimate of drug-likeness (QED) is 0.487. The summed E-state index contributed by atoms with van der Waals surface area (Å²) in [6, 6.07) is 9.58. The van der Waals surface area contributed by atoms with Gasteiger partial charge in [-0.1, -0.05) is 68.9 Å². The molecule has 168 valence electrons. The van der Waals surface area contributed by atoms with Crippen LogP contribution in [-0.2, 0) is 17.8 Å². The molecule has 1 amide bonds. The molecule has 31 heavy (non-hydrogen) atoms. The molecule has 1 aliphatic rings. The Hall–Kier alpha value is -2.49. The minimum absolute atomic E-state index is 0.0952. The minimum Gasteiger partial charge on any atom is -0.507 e. The molecule has 0 unspecified atom stereocenters. The molecule has 0 aliphatic heterocycles. The van der Waals surface area contributed by atoms with Gasteiger partial charge in [-0.25, -0.2) is 0 Å². The van der Waals surface area contributed by atoms with E-state index in [-0.39, 0.29) is 23.3 Å². The molecule has 3 rings (SSSR count). The lowest BCUT2D eigenvalue weighted by Crippen LogP contribution is -2.33. The SMILES string of the molecule is CCCCCc1cc(O)c(-c2cccc(C)c2)c(O)c1CN(C)C(=O)C1CCCCC1. The highest BCUT2D eigenvalue weighted by molar-refractivity contribution is 5.81. The van der Waals surface area contributed by atoms with Gasteiger partial charge in [0.25, 0.3) is 0 Å². The number of aryl methyl sites for hydroxylation is 2. The third kappa shape index (κ3) is 5.61. The van der Waals surface area contributed by atoms with Crippen molar-refractivity contribution in [1.29, 1.82) is 0 Å². The van der Waals surface area contributed by atoms with Crippen molar-refractivity contribution in [3.63, 3.8) is 0 Å². The van der Waals surface area contributed by atoms with E-state index in [1.807, 2.05) is 38.2 Å². The van der Waals surface area contributed by atoms with Crippen LogP contribution in [0.15, 0.2) is 30.3 Å². The van der Waals surface area contributed by atoms with Crippen molar-refractivity contribution in [2.45, 2.75) is 78.2 Å². The van der Waals surface area contributed by atoms with Crippen molar-refractivity contribution in [2.75, 3.05) is 7.05 Å². The van der Waals surface area contributed by atoms with E-state index in [1.165, 1.54) is 6.42 Å². The molecule has 1 fully saturated rings. The predicted octanol–water partition coefficient (Wildman–Crippen LogP) is 6.34. The summed E-state index contributed by atoms with van der Waals surface area (Å²) in [6.07, 6.45) is 9.35. The van der Waals surface area contributed by atoms with Crippen LogP contribution in [0.4, 0.5) is 0 Å². The highest BCUT2D eigenvalue weighted by Crippen LogP contribution is 2.42. The second-order valence-corrected chi connectivity index (χ2v) is 9.11. The summed E-state index contributed by atoms with van der Waals surface area (Å²) in [6.45, 7) is 4.52. The van der Waals surface area contributed by atoms with Gasteiger partial charge in [-0.15, -0.1) is 0 Å². The van der Waals surface area contributed by atoms with Crippen LogP contribution >= 0.6 is 0 Å². The van der Waals surface area contributed by atoms with E-state index in [0.717, 1.165) is 73.6 Å². The number of unbranched alkanes of at least 4 members (excludes halogenated alkanes) is 2. The third-order valence-corrected chi connectivity index (χ3v) is 6.56. The number of carbonyl (C=O) groups excluding carboxylic acids is 1. The number of phenolic OH excluding ortho intramolecular Hbond substituents is 2. The van der Waals surface area contributed by atoms with Crippen molar-refractivity contribution in [1.82, 2.24) is 4.90 Å². The van der Waals surface area contributed by atoms with Gasteiger partial charge in [0.1, 0.15) is 11.5 Å². The zero-order valence-corrected chi connectivity index (χ0v) is 19.3. The number of rotatable bonds is 8. The van der Waals surface area contributed by atoms with Crippen molar-refractivity contribution >= 4 is 5.91 Å². The van der Waals surface area contributed by atoms with Gasteiger partial charge in [-0.3, -0.25) is 4.79 Å². The van der Waals surface area contributed by atoms with Crippen molar-refractivity contribution in [2.24, 2.45) is 5.92 Å². The number of carbonyl (C=O) groups is 1. The Bertz CT molecular complexity index is 900. The van der Waals surface area contributed by atoms with E-state index in [2.05, 4.69) is 6.92 Å². The molecule has 2 N–H and O–H groups in total. The first kappa shape index (κ1) is 23.2. The lowest BCUT2D eigenvalue weighted by Gasteiger charge is -2.28. The highest BCUT2D eigenvalue weighted by atomic mass is 16.3. The number of nitrogens with zero attached hydrogens (tertiary/aromatic N) is 1. The molecule has 0 radical (unpaired) electrons. The first-order chi connectivity index (χ1) is 14.9. The minimum atomic E-state index is 0.0952. The van der Waals surface area contributed by atoms with Gasteiger partial charge in [-0.05, 0) is 49.8 Å². The molecule has 0 saturated heterocycles. The normalized spacial score (nSPS) is 14.5. The Kier molecular flexibility index (Phi) is 8.00. The van der Waals surface area contributed by atoms with Crippen LogP contribution in [0.2, 0.25) is 0 Å². The average Bonchev–Trinajstić information content (AvgIpc) is 2.76. The number of amides is 1. The molecule has 4 heteroatoms. The summed E-state index contributed by atoms with van der Waals surface area (Å²) in [4.78, 5) is 14.8. The Labute approximate surface area is 186 Å². The molecule has 1 aliphatic carbocycles. The zero-order valence-electron chi connectivity index (χ0n) is 19.3. The standard InChI is InChI=1S/C27H37NO3/c1-4-5-7-14-21-17-24(29)25(22-15-10-11-19(2)16-22)26(30)23(21)18-28(3)27(31)20-12-8-6-9-13-20/h10-11,15-17,20,29-30H,4-9,12-14,18H2,1-3H3. The van der Waals surface area contributed by atoms with Crippen molar-refractivity contribution in [3.05, 3.63) is 47.0 Å². The fourth-order valence-electron chi connectivity index (χ4n) is 4.78. The molecule has 4 nitrogen and oxygen atoms in total. The number of aromatic hydroxyl groups is 2. The molecule has 1 saturated carbocycles. The van der Waals surface area contributed by atoms with Gasteiger partial charge in [0.15, 0.2) is 0 Å². The number of benzene rings is 2. The lowest BCUT2D eigenvalue weighted by atomic mass is 9.88. The lowest BCUT2D eigenvalue weighted by molar-refractivity contribution is -0.135. The van der Waals surface area contributed by atoms with E-state index < -0.39 is 0 Å². The molecule has 0 spiro atoms. The van der Waals surface area contributed by atoms with Crippen LogP contribution in [0.3, 0.4) is 0 Å². The number of hydrogen-bond donors (Lipinski definition) is 2. The molecular weight excluding hydrogens is 386 g/mol. The van der Waals surface area contributed by atoms with E-state index in [9.17, 15) is 15.0 Å². The largest absolute Gasteiger partial charge is 0.507 e. The monoisotopic (exact) mass is 423 g/mol. The van der Waals surface area contributed by atoms with E-state index >= 15 is 0 Å². The second kappa shape index (κ2) is 10.7. The molecule has 0 aromatic heterocycles. The van der Waals surface area contributed by atoms with Gasteiger partial charge in [0, 0.05) is 25.1 Å². The zero-order chi connectivity index (χ0) is 22.4. The topological polar surface area (TPSA) is 60.8 Å². The molecule has 0 bridgehead atoms. The van der Waals surface area contributed by atoms with Crippen LogP contribution in [-0.4, -0.2) is 28.1 Å². The predicted molar refractivity (Wildman–Crippen MR) is 126 cm³/mol. The smallest absolute Gasteiger partial charge is 0.225 e. The maximum atomic E-state index is 13.0. The first-order valence-electron chi connectivity index (χ1n) is 11.8. The van der Waals surface area contributed by atoms with Crippen LogP contribution in [0.25, 0.3) is 11.1 Å². The summed E-state index contributed by atoms with van der Waals surface area (Å²) in [5.74, 6) is 0.460. The maximum absolute atomic E-state index is 13.0. The average molecular weight is 424 g/mol. The van der Waals surface area contributed by atoms with E-state index in [1.54, 1.807) is 11.0 Å². The van der Waals surface area contributed by atoms with Gasteiger partial charge < -0.3 is 15.1 Å². The summed E-state index contributed by atoms with van der Waals surface area (Å²) >= 11 is 0. The molecular formula is C27H37NO3. The van der Waals surface area contributed by atoms with Crippen molar-refractivity contribution < 1.29 is 15.0 Å². The second-order valence-electron chi connectivity index (χ2n) is 9.11. The Balaban J connectivity index is 1.96. The van der Waals surface area contributed by atoms with Crippen LogP contribution in [0.1, 0.15) is 75.0 Å². The van der Waals surface area contributed by atoms with Crippen LogP contribution in [0.5, 0.6) is 11.5 Å². The summed E-state index contributed by atoms with van der Waals surface area (Å²) in [5, 5.41) is 22.1. The first-order valence-corrected chi connectivity index (χ1v) is 11.8. The van der Waals surface area contributed by atoms with E-state index in [0.29, 0.717) is 12.1 Å². The Morgan fingerprint density at radius 3 is 2.52 bits per heavy atom. The molecule has 2 aromatic carbocycles. The molecule has 0 atom stereocenters. The Morgan fingerprint density at radius 1 is 1.10 bits per heavy atom. The van der Waals surface area contributed by atoms with Crippen LogP contribution in [0, 0.1) is 12.8 Å². The van der Waals surface area contributed by atoms with Crippen LogP contribution < -0.4 is 0 Å². The van der Waals surface area contributed by atoms with Gasteiger partial charge >= 0.3 is 0 Å². The fourth-order valence-corrected chi connectivity index (χ4v) is 4.78. The summed E-state index contributed by atoms with van der Waals surface area (Å²) in [7, 11) is 1.84. The number of phenols is 2.